The number of hydrogen-bond donors (Lipinski definition) is 1. The van der Waals surface area contributed by atoms with E-state index in [1.807, 2.05) is 50.2 Å². The first-order valence-corrected chi connectivity index (χ1v) is 8.75. The van der Waals surface area contributed by atoms with Gasteiger partial charge in [0.05, 0.1) is 7.11 Å². The van der Waals surface area contributed by atoms with Gasteiger partial charge >= 0.3 is 5.97 Å². The van der Waals surface area contributed by atoms with Gasteiger partial charge in [0.2, 0.25) is 5.95 Å². The molecule has 0 unspecified atom stereocenters. The van der Waals surface area contributed by atoms with Crippen LogP contribution in [0, 0.1) is 13.8 Å². The summed E-state index contributed by atoms with van der Waals surface area (Å²) in [6.45, 7) is 3.82. The van der Waals surface area contributed by atoms with Crippen LogP contribution in [0.2, 0.25) is 0 Å². The van der Waals surface area contributed by atoms with Gasteiger partial charge in [0.1, 0.15) is 11.5 Å². The molecule has 0 saturated carbocycles. The number of rotatable bonds is 6. The lowest BCUT2D eigenvalue weighted by molar-refractivity contribution is -0.128. The maximum absolute atomic E-state index is 12.1. The summed E-state index contributed by atoms with van der Waals surface area (Å²) in [5.41, 5.74) is 3.36. The third-order valence-electron chi connectivity index (χ3n) is 3.82. The van der Waals surface area contributed by atoms with E-state index in [9.17, 15) is 4.79 Å². The maximum atomic E-state index is 12.1. The molecule has 142 valence electrons. The molecular weight excluding hydrogens is 354 g/mol. The Morgan fingerprint density at radius 2 is 1.68 bits per heavy atom. The maximum Gasteiger partial charge on any atom is 0.336 e. The number of benzene rings is 2. The number of aromatic nitrogens is 2. The average molecular weight is 375 g/mol. The second kappa shape index (κ2) is 8.81. The Balaban J connectivity index is 1.64. The van der Waals surface area contributed by atoms with Crippen LogP contribution in [0.15, 0.2) is 60.7 Å². The van der Waals surface area contributed by atoms with Gasteiger partial charge in [-0.1, -0.05) is 18.2 Å². The van der Waals surface area contributed by atoms with E-state index < -0.39 is 5.97 Å². The molecule has 6 heteroatoms. The molecule has 0 spiro atoms. The van der Waals surface area contributed by atoms with Crippen molar-refractivity contribution >= 4 is 23.7 Å². The minimum atomic E-state index is -0.462. The number of anilines is 2. The van der Waals surface area contributed by atoms with E-state index in [2.05, 4.69) is 15.3 Å². The van der Waals surface area contributed by atoms with Gasteiger partial charge in [-0.15, -0.1) is 0 Å². The largest absolute Gasteiger partial charge is 0.497 e. The highest BCUT2D eigenvalue weighted by Gasteiger charge is 2.04. The lowest BCUT2D eigenvalue weighted by atomic mass is 10.2. The number of nitrogens with zero attached hydrogens (tertiary/aromatic N) is 2. The number of esters is 1. The predicted molar refractivity (Wildman–Crippen MR) is 109 cm³/mol. The SMILES string of the molecule is COc1ccc(/C=C/C(=O)Oc2cccc(Nc3nc(C)cc(C)n3)c2)cc1. The van der Waals surface area contributed by atoms with E-state index in [1.54, 1.807) is 31.4 Å². The topological polar surface area (TPSA) is 73.3 Å². The first-order chi connectivity index (χ1) is 13.5. The molecule has 1 N–H and O–H groups in total. The van der Waals surface area contributed by atoms with Gasteiger partial charge in [0, 0.05) is 29.2 Å². The highest BCUT2D eigenvalue weighted by molar-refractivity contribution is 5.88. The standard InChI is InChI=1S/C22H21N3O3/c1-15-13-16(2)24-22(23-15)25-18-5-4-6-20(14-18)28-21(26)12-9-17-7-10-19(27-3)11-8-17/h4-14H,1-3H3,(H,23,24,25)/b12-9+. The summed E-state index contributed by atoms with van der Waals surface area (Å²) < 4.78 is 10.5. The Kier molecular flexibility index (Phi) is 6.01. The molecule has 3 aromatic rings. The average Bonchev–Trinajstić information content (AvgIpc) is 2.66. The fourth-order valence-corrected chi connectivity index (χ4v) is 2.58. The van der Waals surface area contributed by atoms with E-state index in [4.69, 9.17) is 9.47 Å². The van der Waals surface area contributed by atoms with Crippen molar-refractivity contribution in [3.8, 4) is 11.5 Å². The number of ether oxygens (including phenoxy) is 2. The molecule has 28 heavy (non-hydrogen) atoms. The van der Waals surface area contributed by atoms with Crippen LogP contribution in [0.1, 0.15) is 17.0 Å². The molecule has 0 saturated heterocycles. The smallest absolute Gasteiger partial charge is 0.336 e. The molecule has 1 heterocycles. The van der Waals surface area contributed by atoms with E-state index in [1.165, 1.54) is 6.08 Å². The van der Waals surface area contributed by atoms with E-state index in [0.29, 0.717) is 11.7 Å². The summed E-state index contributed by atoms with van der Waals surface area (Å²) in [5, 5.41) is 3.12. The van der Waals surface area contributed by atoms with Crippen molar-refractivity contribution in [3.63, 3.8) is 0 Å². The van der Waals surface area contributed by atoms with Crippen LogP contribution in [-0.4, -0.2) is 23.0 Å². The van der Waals surface area contributed by atoms with Crippen LogP contribution in [0.4, 0.5) is 11.6 Å². The van der Waals surface area contributed by atoms with Crippen molar-refractivity contribution < 1.29 is 14.3 Å². The van der Waals surface area contributed by atoms with Crippen molar-refractivity contribution in [3.05, 3.63) is 77.6 Å². The molecule has 3 rings (SSSR count). The number of aryl methyl sites for hydroxylation is 2. The molecule has 0 amide bonds. The Morgan fingerprint density at radius 1 is 0.964 bits per heavy atom. The molecule has 2 aromatic carbocycles. The Hall–Kier alpha value is -3.67. The van der Waals surface area contributed by atoms with Gasteiger partial charge in [-0.05, 0) is 55.8 Å². The molecule has 0 atom stereocenters. The van der Waals surface area contributed by atoms with Crippen molar-refractivity contribution in [2.24, 2.45) is 0 Å². The first-order valence-electron chi connectivity index (χ1n) is 8.75. The van der Waals surface area contributed by atoms with E-state index in [0.717, 1.165) is 28.4 Å². The van der Waals surface area contributed by atoms with E-state index in [-0.39, 0.29) is 0 Å². The zero-order valence-corrected chi connectivity index (χ0v) is 16.0. The summed E-state index contributed by atoms with van der Waals surface area (Å²) in [5.74, 6) is 1.23. The first kappa shape index (κ1) is 19.1. The van der Waals surface area contributed by atoms with E-state index >= 15 is 0 Å². The van der Waals surface area contributed by atoms with Gasteiger partial charge < -0.3 is 14.8 Å². The summed E-state index contributed by atoms with van der Waals surface area (Å²) in [6.07, 6.45) is 3.07. The normalized spacial score (nSPS) is 10.7. The molecule has 0 aliphatic rings. The quantitative estimate of drug-likeness (QED) is 0.389. The third kappa shape index (κ3) is 5.41. The van der Waals surface area contributed by atoms with Crippen molar-refractivity contribution in [1.82, 2.24) is 9.97 Å². The molecule has 0 fully saturated rings. The Bertz CT molecular complexity index is 978. The highest BCUT2D eigenvalue weighted by Crippen LogP contribution is 2.20. The second-order valence-electron chi connectivity index (χ2n) is 6.15. The van der Waals surface area contributed by atoms with Crippen LogP contribution >= 0.6 is 0 Å². The molecule has 0 radical (unpaired) electrons. The summed E-state index contributed by atoms with van der Waals surface area (Å²) >= 11 is 0. The molecule has 6 nitrogen and oxygen atoms in total. The summed E-state index contributed by atoms with van der Waals surface area (Å²) in [4.78, 5) is 20.8. The fourth-order valence-electron chi connectivity index (χ4n) is 2.58. The Labute approximate surface area is 163 Å². The summed E-state index contributed by atoms with van der Waals surface area (Å²) in [7, 11) is 1.61. The summed E-state index contributed by atoms with van der Waals surface area (Å²) in [6, 6.07) is 16.4. The van der Waals surface area contributed by atoms with Crippen molar-refractivity contribution in [1.29, 1.82) is 0 Å². The minimum Gasteiger partial charge on any atom is -0.497 e. The molecular formula is C22H21N3O3. The van der Waals surface area contributed by atoms with Crippen molar-refractivity contribution in [2.75, 3.05) is 12.4 Å². The lowest BCUT2D eigenvalue weighted by Crippen LogP contribution is -2.04. The number of hydrogen-bond acceptors (Lipinski definition) is 6. The van der Waals surface area contributed by atoms with Gasteiger partial charge in [0.25, 0.3) is 0 Å². The second-order valence-corrected chi connectivity index (χ2v) is 6.15. The molecule has 0 aliphatic carbocycles. The van der Waals surface area contributed by atoms with Crippen LogP contribution in [0.25, 0.3) is 6.08 Å². The zero-order valence-electron chi connectivity index (χ0n) is 16.0. The van der Waals surface area contributed by atoms with Crippen LogP contribution in [-0.2, 0) is 4.79 Å². The van der Waals surface area contributed by atoms with Gasteiger partial charge in [-0.2, -0.15) is 0 Å². The number of carbonyl (C=O) groups excluding carboxylic acids is 1. The van der Waals surface area contributed by atoms with Crippen LogP contribution < -0.4 is 14.8 Å². The number of methoxy groups -OCH3 is 1. The van der Waals surface area contributed by atoms with Gasteiger partial charge in [-0.25, -0.2) is 14.8 Å². The fraction of sp³-hybridized carbons (Fsp3) is 0.136. The van der Waals surface area contributed by atoms with Gasteiger partial charge in [-0.3, -0.25) is 0 Å². The zero-order chi connectivity index (χ0) is 19.9. The van der Waals surface area contributed by atoms with Gasteiger partial charge in [0.15, 0.2) is 0 Å². The molecule has 0 aliphatic heterocycles. The minimum absolute atomic E-state index is 0.429. The Morgan fingerprint density at radius 3 is 2.36 bits per heavy atom. The van der Waals surface area contributed by atoms with Crippen molar-refractivity contribution in [2.45, 2.75) is 13.8 Å². The molecule has 1 aromatic heterocycles. The molecule has 0 bridgehead atoms. The van der Waals surface area contributed by atoms with Crippen LogP contribution in [0.5, 0.6) is 11.5 Å². The lowest BCUT2D eigenvalue weighted by Gasteiger charge is -2.08. The monoisotopic (exact) mass is 375 g/mol. The highest BCUT2D eigenvalue weighted by atomic mass is 16.5. The number of carbonyl (C=O) groups is 1. The third-order valence-corrected chi connectivity index (χ3v) is 3.82. The predicted octanol–water partition coefficient (Wildman–Crippen LogP) is 4.46. The van der Waals surface area contributed by atoms with Crippen LogP contribution in [0.3, 0.4) is 0 Å². The number of nitrogens with one attached hydrogen (secondary N) is 1.